The van der Waals surface area contributed by atoms with Crippen LogP contribution in [-0.2, 0) is 5.41 Å². The summed E-state index contributed by atoms with van der Waals surface area (Å²) in [6.45, 7) is 9.45. The topological polar surface area (TPSA) is 53.8 Å². The van der Waals surface area contributed by atoms with Gasteiger partial charge in [-0.2, -0.15) is 0 Å². The van der Waals surface area contributed by atoms with Gasteiger partial charge in [-0.25, -0.2) is 0 Å². The van der Waals surface area contributed by atoms with E-state index in [0.717, 1.165) is 5.56 Å². The van der Waals surface area contributed by atoms with Gasteiger partial charge in [-0.1, -0.05) is 32.9 Å². The van der Waals surface area contributed by atoms with Crippen molar-refractivity contribution in [3.05, 3.63) is 59.5 Å². The van der Waals surface area contributed by atoms with E-state index in [1.54, 1.807) is 12.1 Å². The lowest BCUT2D eigenvalue weighted by Gasteiger charge is -2.34. The molecule has 3 rings (SSSR count). The number of amides is 1. The van der Waals surface area contributed by atoms with E-state index < -0.39 is 0 Å². The van der Waals surface area contributed by atoms with Crippen molar-refractivity contribution in [2.24, 2.45) is 0 Å². The molecule has 0 atom stereocenters. The summed E-state index contributed by atoms with van der Waals surface area (Å²) in [6, 6.07) is 11.3. The zero-order chi connectivity index (χ0) is 18.7. The zero-order valence-corrected chi connectivity index (χ0v) is 15.7. The lowest BCUT2D eigenvalue weighted by molar-refractivity contribution is 0.0620. The van der Waals surface area contributed by atoms with Crippen molar-refractivity contribution in [2.75, 3.05) is 32.7 Å². The zero-order valence-electron chi connectivity index (χ0n) is 15.7. The number of hydrogen-bond donors (Lipinski definition) is 0. The average molecular weight is 354 g/mol. The van der Waals surface area contributed by atoms with Crippen LogP contribution in [-0.4, -0.2) is 54.2 Å². The van der Waals surface area contributed by atoms with E-state index in [2.05, 4.69) is 25.7 Å². The first-order chi connectivity index (χ1) is 12.3. The fourth-order valence-corrected chi connectivity index (χ4v) is 3.12. The quantitative estimate of drug-likeness (QED) is 0.791. The predicted octanol–water partition coefficient (Wildman–Crippen LogP) is 3.22. The summed E-state index contributed by atoms with van der Waals surface area (Å²) in [4.78, 5) is 28.7. The first-order valence-corrected chi connectivity index (χ1v) is 9.03. The smallest absolute Gasteiger partial charge is 0.253 e. The van der Waals surface area contributed by atoms with Crippen LogP contribution >= 0.6 is 0 Å². The highest BCUT2D eigenvalue weighted by molar-refractivity contribution is 5.95. The van der Waals surface area contributed by atoms with Crippen LogP contribution in [0.5, 0.6) is 0 Å². The number of hydrogen-bond acceptors (Lipinski definition) is 4. The molecule has 0 unspecified atom stereocenters. The Bertz CT molecular complexity index is 750. The molecule has 1 aromatic carbocycles. The molecule has 1 fully saturated rings. The molecular weight excluding hydrogens is 328 g/mol. The van der Waals surface area contributed by atoms with Gasteiger partial charge in [0, 0.05) is 31.7 Å². The van der Waals surface area contributed by atoms with E-state index in [1.165, 1.54) is 11.8 Å². The molecule has 0 saturated carbocycles. The Morgan fingerprint density at radius 2 is 1.65 bits per heavy atom. The van der Waals surface area contributed by atoms with E-state index in [0.29, 0.717) is 38.5 Å². The van der Waals surface area contributed by atoms with Crippen molar-refractivity contribution in [1.29, 1.82) is 0 Å². The van der Waals surface area contributed by atoms with E-state index in [1.807, 2.05) is 29.2 Å². The first kappa shape index (κ1) is 18.4. The van der Waals surface area contributed by atoms with Crippen LogP contribution in [0.4, 0.5) is 0 Å². The van der Waals surface area contributed by atoms with Gasteiger partial charge in [-0.15, -0.1) is 0 Å². The van der Waals surface area contributed by atoms with E-state index >= 15 is 0 Å². The summed E-state index contributed by atoms with van der Waals surface area (Å²) >= 11 is 0. The second kappa shape index (κ2) is 7.46. The van der Waals surface area contributed by atoms with E-state index in [-0.39, 0.29) is 17.1 Å². The van der Waals surface area contributed by atoms with Crippen LogP contribution in [0, 0.1) is 0 Å². The van der Waals surface area contributed by atoms with Crippen LogP contribution < -0.4 is 0 Å². The molecule has 2 heterocycles. The molecule has 0 radical (unpaired) electrons. The molecular formula is C21H26N2O3. The fraction of sp³-hybridized carbons (Fsp3) is 0.429. The number of ketones is 1. The van der Waals surface area contributed by atoms with Crippen LogP contribution in [0.1, 0.15) is 47.2 Å². The molecule has 26 heavy (non-hydrogen) atoms. The average Bonchev–Trinajstić information content (AvgIpc) is 3.16. The van der Waals surface area contributed by atoms with Crippen molar-refractivity contribution in [3.63, 3.8) is 0 Å². The number of Topliss-reactive ketones (excluding diaryl/α,β-unsaturated/α-hetero) is 1. The molecule has 5 nitrogen and oxygen atoms in total. The van der Waals surface area contributed by atoms with Crippen molar-refractivity contribution >= 4 is 11.7 Å². The van der Waals surface area contributed by atoms with Crippen LogP contribution in [0.3, 0.4) is 0 Å². The van der Waals surface area contributed by atoms with Crippen molar-refractivity contribution in [2.45, 2.75) is 26.2 Å². The second-order valence-corrected chi connectivity index (χ2v) is 7.80. The summed E-state index contributed by atoms with van der Waals surface area (Å²) in [6.07, 6.45) is 1.51. The molecule has 0 bridgehead atoms. The highest BCUT2D eigenvalue weighted by atomic mass is 16.3. The molecule has 1 aliphatic heterocycles. The Morgan fingerprint density at radius 1 is 1.00 bits per heavy atom. The minimum Gasteiger partial charge on any atom is -0.461 e. The Morgan fingerprint density at radius 3 is 2.19 bits per heavy atom. The molecule has 0 N–H and O–H groups in total. The number of benzene rings is 1. The molecule has 1 amide bonds. The van der Waals surface area contributed by atoms with Gasteiger partial charge < -0.3 is 9.32 Å². The molecule has 1 aliphatic rings. The Balaban J connectivity index is 1.54. The van der Waals surface area contributed by atoms with Crippen molar-refractivity contribution < 1.29 is 14.0 Å². The highest BCUT2D eigenvalue weighted by Gasteiger charge is 2.24. The van der Waals surface area contributed by atoms with Gasteiger partial charge in [-0.05, 0) is 35.2 Å². The van der Waals surface area contributed by atoms with E-state index in [9.17, 15) is 9.59 Å². The van der Waals surface area contributed by atoms with Crippen molar-refractivity contribution in [1.82, 2.24) is 9.80 Å². The third kappa shape index (κ3) is 4.22. The normalized spacial score (nSPS) is 15.9. The lowest BCUT2D eigenvalue weighted by atomic mass is 9.86. The third-order valence-electron chi connectivity index (χ3n) is 4.82. The molecule has 138 valence electrons. The molecule has 0 spiro atoms. The maximum absolute atomic E-state index is 12.7. The Labute approximate surface area is 154 Å². The number of carbonyl (C=O) groups is 2. The molecule has 1 saturated heterocycles. The van der Waals surface area contributed by atoms with Gasteiger partial charge in [0.05, 0.1) is 12.8 Å². The Hall–Kier alpha value is -2.40. The largest absolute Gasteiger partial charge is 0.461 e. The molecule has 2 aromatic rings. The van der Waals surface area contributed by atoms with Crippen LogP contribution in [0.25, 0.3) is 0 Å². The Kier molecular flexibility index (Phi) is 5.28. The second-order valence-electron chi connectivity index (χ2n) is 7.80. The summed E-state index contributed by atoms with van der Waals surface area (Å²) in [7, 11) is 0. The maximum Gasteiger partial charge on any atom is 0.253 e. The summed E-state index contributed by atoms with van der Waals surface area (Å²) in [5, 5.41) is 0. The van der Waals surface area contributed by atoms with Gasteiger partial charge in [0.2, 0.25) is 5.78 Å². The predicted molar refractivity (Wildman–Crippen MR) is 101 cm³/mol. The minimum absolute atomic E-state index is 0.0208. The molecule has 5 heteroatoms. The minimum atomic E-state index is -0.0208. The lowest BCUT2D eigenvalue weighted by Crippen LogP contribution is -2.49. The van der Waals surface area contributed by atoms with Gasteiger partial charge in [0.15, 0.2) is 5.76 Å². The van der Waals surface area contributed by atoms with Gasteiger partial charge in [0.25, 0.3) is 5.91 Å². The summed E-state index contributed by atoms with van der Waals surface area (Å²) in [5.41, 5.74) is 2.02. The highest BCUT2D eigenvalue weighted by Crippen LogP contribution is 2.22. The standard InChI is InChI=1S/C21H26N2O3/c1-21(2,3)17-8-6-16(7-9-17)20(25)23-12-10-22(11-13-23)15-18(24)19-5-4-14-26-19/h4-9,14H,10-13,15H2,1-3H3. The number of rotatable bonds is 4. The van der Waals surface area contributed by atoms with Crippen LogP contribution in [0.15, 0.2) is 47.1 Å². The van der Waals surface area contributed by atoms with Crippen LogP contribution in [0.2, 0.25) is 0 Å². The summed E-state index contributed by atoms with van der Waals surface area (Å²) in [5.74, 6) is 0.428. The molecule has 1 aromatic heterocycles. The number of nitrogens with zero attached hydrogens (tertiary/aromatic N) is 2. The number of furan rings is 1. The van der Waals surface area contributed by atoms with Gasteiger partial charge in [0.1, 0.15) is 0 Å². The fourth-order valence-electron chi connectivity index (χ4n) is 3.12. The van der Waals surface area contributed by atoms with Crippen molar-refractivity contribution in [3.8, 4) is 0 Å². The van der Waals surface area contributed by atoms with Gasteiger partial charge >= 0.3 is 0 Å². The number of carbonyl (C=O) groups excluding carboxylic acids is 2. The number of piperazine rings is 1. The van der Waals surface area contributed by atoms with Gasteiger partial charge in [-0.3, -0.25) is 14.5 Å². The maximum atomic E-state index is 12.7. The first-order valence-electron chi connectivity index (χ1n) is 9.03. The monoisotopic (exact) mass is 354 g/mol. The SMILES string of the molecule is CC(C)(C)c1ccc(C(=O)N2CCN(CC(=O)c3ccco3)CC2)cc1. The third-order valence-corrected chi connectivity index (χ3v) is 4.82. The molecule has 0 aliphatic carbocycles. The van der Waals surface area contributed by atoms with E-state index in [4.69, 9.17) is 4.42 Å². The summed E-state index contributed by atoms with van der Waals surface area (Å²) < 4.78 is 5.15.